The molecule has 0 saturated carbocycles. The van der Waals surface area contributed by atoms with Crippen LogP contribution in [0.3, 0.4) is 0 Å². The van der Waals surface area contributed by atoms with Gasteiger partial charge in [-0.2, -0.15) is 0 Å². The number of phosphoric ester groups is 1. The van der Waals surface area contributed by atoms with Crippen LogP contribution in [0.5, 0.6) is 0 Å². The van der Waals surface area contributed by atoms with E-state index in [1.807, 2.05) is 0 Å². The highest BCUT2D eigenvalue weighted by Crippen LogP contribution is 2.35. The predicted octanol–water partition coefficient (Wildman–Crippen LogP) is 5.18. The van der Waals surface area contributed by atoms with Gasteiger partial charge in [0, 0.05) is 0 Å². The third-order valence-electron chi connectivity index (χ3n) is 4.09. The van der Waals surface area contributed by atoms with Gasteiger partial charge < -0.3 is 9.79 Å². The van der Waals surface area contributed by atoms with E-state index >= 15 is 0 Å². The van der Waals surface area contributed by atoms with Crippen LogP contribution in [0.4, 0.5) is 0 Å². The van der Waals surface area contributed by atoms with E-state index in [0.29, 0.717) is 6.61 Å². The molecule has 0 bridgehead atoms. The molecule has 0 unspecified atom stereocenters. The second-order valence-electron chi connectivity index (χ2n) is 7.24. The Morgan fingerprint density at radius 1 is 0.643 bits per heavy atom. The number of hydrogen-bond acceptors (Lipinski definition) is 7. The average molecular weight is 430 g/mol. The predicted molar refractivity (Wildman–Crippen MR) is 103 cm³/mol. The van der Waals surface area contributed by atoms with Gasteiger partial charge in [0.2, 0.25) is 0 Å². The summed E-state index contributed by atoms with van der Waals surface area (Å²) in [5, 5.41) is 12.4. The second-order valence-corrected chi connectivity index (χ2v) is 8.48. The summed E-state index contributed by atoms with van der Waals surface area (Å²) in [6.45, 7) is 4.36. The van der Waals surface area contributed by atoms with Crippen molar-refractivity contribution >= 4 is 7.82 Å². The van der Waals surface area contributed by atoms with Crippen molar-refractivity contribution < 1.29 is 43.8 Å². The van der Waals surface area contributed by atoms with Crippen molar-refractivity contribution in [3.63, 3.8) is 0 Å². The first-order valence-electron chi connectivity index (χ1n) is 10.4. The Labute approximate surface area is 168 Å². The lowest BCUT2D eigenvalue weighted by atomic mass is 10.0. The lowest BCUT2D eigenvalue weighted by Crippen LogP contribution is -2.05. The van der Waals surface area contributed by atoms with Crippen molar-refractivity contribution in [1.82, 2.24) is 0 Å². The lowest BCUT2D eigenvalue weighted by Gasteiger charge is -2.05. The molecule has 0 spiro atoms. The normalized spacial score (nSPS) is 12.2. The summed E-state index contributed by atoms with van der Waals surface area (Å²) in [4.78, 5) is 25.9. The van der Waals surface area contributed by atoms with E-state index in [-0.39, 0.29) is 13.2 Å². The maximum Gasteiger partial charge on any atom is 0.469 e. The quantitative estimate of drug-likeness (QED) is 0.104. The average Bonchev–Trinajstić information content (AvgIpc) is 2.61. The van der Waals surface area contributed by atoms with Gasteiger partial charge >= 0.3 is 7.82 Å². The summed E-state index contributed by atoms with van der Waals surface area (Å²) < 4.78 is 14.4. The summed E-state index contributed by atoms with van der Waals surface area (Å²) >= 11 is 0. The monoisotopic (exact) mass is 430 g/mol. The summed E-state index contributed by atoms with van der Waals surface area (Å²) in [6.07, 6.45) is 15.2. The van der Waals surface area contributed by atoms with Gasteiger partial charge in [-0.3, -0.25) is 4.52 Å². The lowest BCUT2D eigenvalue weighted by molar-refractivity contribution is -0.708. The van der Waals surface area contributed by atoms with Crippen LogP contribution in [-0.2, 0) is 34.0 Å². The molecule has 0 radical (unpaired) electrons. The van der Waals surface area contributed by atoms with Gasteiger partial charge in [0.15, 0.2) is 0 Å². The number of hydrogen-bond donors (Lipinski definition) is 2. The minimum atomic E-state index is -4.49. The van der Waals surface area contributed by atoms with Crippen LogP contribution in [0.1, 0.15) is 90.9 Å². The van der Waals surface area contributed by atoms with Gasteiger partial charge in [0.05, 0.1) is 13.2 Å². The fourth-order valence-electron chi connectivity index (χ4n) is 2.61. The Kier molecular flexibility index (Phi) is 20.1. The maximum atomic E-state index is 10.3. The summed E-state index contributed by atoms with van der Waals surface area (Å²) in [5.41, 5.74) is 0. The maximum absolute atomic E-state index is 10.3. The largest absolute Gasteiger partial charge is 0.469 e. The van der Waals surface area contributed by atoms with Gasteiger partial charge in [-0.1, -0.05) is 84.5 Å². The minimum absolute atomic E-state index is 0.243. The molecular weight excluding hydrogens is 391 g/mol. The van der Waals surface area contributed by atoms with E-state index in [0.717, 1.165) is 18.8 Å². The Hall–Kier alpha value is -0.0900. The van der Waals surface area contributed by atoms with Crippen LogP contribution in [0.25, 0.3) is 0 Å². The second kappa shape index (κ2) is 20.2. The molecule has 0 atom stereocenters. The summed E-state index contributed by atoms with van der Waals surface area (Å²) in [7, 11) is -4.49. The van der Waals surface area contributed by atoms with E-state index in [1.54, 1.807) is 0 Å². The third-order valence-corrected chi connectivity index (χ3v) is 4.61. The minimum Gasteiger partial charge on any atom is -0.303 e. The van der Waals surface area contributed by atoms with Crippen LogP contribution in [0, 0.1) is 5.92 Å². The van der Waals surface area contributed by atoms with Crippen LogP contribution >= 0.6 is 7.82 Å². The number of phosphoric acid groups is 1. The van der Waals surface area contributed by atoms with Gasteiger partial charge in [0.1, 0.15) is 6.61 Å². The van der Waals surface area contributed by atoms with Gasteiger partial charge in [0.25, 0.3) is 0 Å². The SMILES string of the molecule is CC(C)CCCCCCCCCCCCCOOOOOCCOP(=O)(O)O. The van der Waals surface area contributed by atoms with E-state index in [9.17, 15) is 4.57 Å². The summed E-state index contributed by atoms with van der Waals surface area (Å²) in [5.74, 6) is 0.835. The van der Waals surface area contributed by atoms with E-state index in [2.05, 4.69) is 38.4 Å². The molecule has 2 N–H and O–H groups in total. The van der Waals surface area contributed by atoms with Crippen molar-refractivity contribution in [2.45, 2.75) is 90.9 Å². The molecule has 28 heavy (non-hydrogen) atoms. The van der Waals surface area contributed by atoms with E-state index in [1.165, 1.54) is 64.2 Å². The molecule has 0 aliphatic heterocycles. The Morgan fingerprint density at radius 3 is 1.61 bits per heavy atom. The molecule has 0 aromatic carbocycles. The topological polar surface area (TPSA) is 113 Å². The van der Waals surface area contributed by atoms with E-state index < -0.39 is 7.82 Å². The molecule has 0 aliphatic carbocycles. The molecule has 0 aromatic rings. The standard InChI is InChI=1S/C18H39O9P/c1-18(2)14-12-10-8-6-4-3-5-7-9-11-13-15-22-25-27-26-23-16-17-24-28(19,20)21/h18H,3-17H2,1-2H3,(H2,19,20,21). The van der Waals surface area contributed by atoms with Crippen molar-refractivity contribution in [2.24, 2.45) is 5.92 Å². The smallest absolute Gasteiger partial charge is 0.303 e. The van der Waals surface area contributed by atoms with Crippen LogP contribution < -0.4 is 0 Å². The molecule has 10 heteroatoms. The zero-order valence-electron chi connectivity index (χ0n) is 17.4. The fraction of sp³-hybridized carbons (Fsp3) is 1.00. The molecule has 9 nitrogen and oxygen atoms in total. The molecule has 0 fully saturated rings. The molecule has 170 valence electrons. The van der Waals surface area contributed by atoms with Crippen molar-refractivity contribution in [3.05, 3.63) is 0 Å². The molecular formula is C18H39O9P. The molecule has 0 rings (SSSR count). The first-order chi connectivity index (χ1) is 13.4. The molecule has 0 aliphatic rings. The van der Waals surface area contributed by atoms with Gasteiger partial charge in [-0.25, -0.2) is 14.3 Å². The Bertz CT molecular complexity index is 363. The van der Waals surface area contributed by atoms with Gasteiger partial charge in [-0.05, 0) is 27.5 Å². The zero-order valence-corrected chi connectivity index (χ0v) is 18.3. The van der Waals surface area contributed by atoms with Crippen LogP contribution in [-0.4, -0.2) is 29.6 Å². The first kappa shape index (κ1) is 27.9. The molecule has 0 aromatic heterocycles. The van der Waals surface area contributed by atoms with Crippen LogP contribution in [0.15, 0.2) is 0 Å². The Morgan fingerprint density at radius 2 is 1.11 bits per heavy atom. The van der Waals surface area contributed by atoms with Crippen molar-refractivity contribution in [3.8, 4) is 0 Å². The Balaban J connectivity index is 3.04. The number of rotatable bonds is 22. The molecule has 0 amide bonds. The first-order valence-corrected chi connectivity index (χ1v) is 11.9. The zero-order chi connectivity index (χ0) is 20.9. The summed E-state index contributed by atoms with van der Waals surface area (Å²) in [6, 6.07) is 0. The fourth-order valence-corrected chi connectivity index (χ4v) is 2.93. The number of unbranched alkanes of at least 4 members (excludes halogenated alkanes) is 10. The highest BCUT2D eigenvalue weighted by atomic mass is 31.2. The third kappa shape index (κ3) is 25.9. The molecule has 0 heterocycles. The molecule has 0 saturated heterocycles. The van der Waals surface area contributed by atoms with Crippen LogP contribution in [0.2, 0.25) is 0 Å². The van der Waals surface area contributed by atoms with E-state index in [4.69, 9.17) is 14.7 Å². The van der Waals surface area contributed by atoms with Crippen molar-refractivity contribution in [2.75, 3.05) is 19.8 Å². The van der Waals surface area contributed by atoms with Gasteiger partial charge in [-0.15, -0.1) is 0 Å². The van der Waals surface area contributed by atoms with Crippen molar-refractivity contribution in [1.29, 1.82) is 0 Å². The highest BCUT2D eigenvalue weighted by molar-refractivity contribution is 7.46. The highest BCUT2D eigenvalue weighted by Gasteiger charge is 2.12.